The lowest BCUT2D eigenvalue weighted by molar-refractivity contribution is 1.02. The van der Waals surface area contributed by atoms with Gasteiger partial charge in [0.05, 0.1) is 12.2 Å². The highest BCUT2D eigenvalue weighted by Gasteiger charge is 2.01. The summed E-state index contributed by atoms with van der Waals surface area (Å²) >= 11 is 11.8. The summed E-state index contributed by atoms with van der Waals surface area (Å²) in [6, 6.07) is 9.35. The van der Waals surface area contributed by atoms with Crippen LogP contribution in [0.4, 0.5) is 5.69 Å². The topological polar surface area (TPSA) is 24.9 Å². The van der Waals surface area contributed by atoms with Crippen LogP contribution in [0.5, 0.6) is 0 Å². The molecule has 1 N–H and O–H groups in total. The third-order valence-corrected chi connectivity index (χ3v) is 2.88. The summed E-state index contributed by atoms with van der Waals surface area (Å²) in [7, 11) is 0. The maximum Gasteiger partial charge on any atom is 0.0623 e. The number of aryl methyl sites for hydroxylation is 1. The molecule has 0 spiro atoms. The van der Waals surface area contributed by atoms with Gasteiger partial charge in [-0.25, -0.2) is 0 Å². The monoisotopic (exact) mass is 266 g/mol. The van der Waals surface area contributed by atoms with Crippen LogP contribution in [0.2, 0.25) is 10.0 Å². The second-order valence-corrected chi connectivity index (χ2v) is 4.65. The Kier molecular flexibility index (Phi) is 3.87. The predicted molar refractivity (Wildman–Crippen MR) is 72.8 cm³/mol. The Bertz CT molecular complexity index is 506. The van der Waals surface area contributed by atoms with Gasteiger partial charge in [-0.1, -0.05) is 29.3 Å². The van der Waals surface area contributed by atoms with E-state index < -0.39 is 0 Å². The van der Waals surface area contributed by atoms with Crippen molar-refractivity contribution in [1.29, 1.82) is 0 Å². The summed E-state index contributed by atoms with van der Waals surface area (Å²) in [4.78, 5) is 4.31. The lowest BCUT2D eigenvalue weighted by atomic mass is 10.2. The molecule has 2 nitrogen and oxygen atoms in total. The van der Waals surface area contributed by atoms with Gasteiger partial charge in [-0.3, -0.25) is 4.98 Å². The van der Waals surface area contributed by atoms with Crippen LogP contribution in [0.15, 0.2) is 36.5 Å². The maximum absolute atomic E-state index is 5.92. The van der Waals surface area contributed by atoms with Crippen molar-refractivity contribution < 1.29 is 0 Å². The highest BCUT2D eigenvalue weighted by atomic mass is 35.5. The number of benzene rings is 1. The van der Waals surface area contributed by atoms with E-state index in [1.165, 1.54) is 0 Å². The van der Waals surface area contributed by atoms with Crippen LogP contribution < -0.4 is 5.32 Å². The van der Waals surface area contributed by atoms with Crippen LogP contribution in [0.25, 0.3) is 0 Å². The Morgan fingerprint density at radius 1 is 1.18 bits per heavy atom. The van der Waals surface area contributed by atoms with Crippen molar-refractivity contribution >= 4 is 28.9 Å². The summed E-state index contributed by atoms with van der Waals surface area (Å²) in [6.07, 6.45) is 1.79. The summed E-state index contributed by atoms with van der Waals surface area (Å²) in [5, 5.41) is 4.50. The van der Waals surface area contributed by atoms with Crippen molar-refractivity contribution in [3.63, 3.8) is 0 Å². The van der Waals surface area contributed by atoms with E-state index >= 15 is 0 Å². The lowest BCUT2D eigenvalue weighted by Gasteiger charge is -2.08. The van der Waals surface area contributed by atoms with E-state index in [9.17, 15) is 0 Å². The Morgan fingerprint density at radius 3 is 2.53 bits per heavy atom. The molecule has 0 aliphatic heterocycles. The van der Waals surface area contributed by atoms with Crippen LogP contribution in [0.1, 0.15) is 11.3 Å². The van der Waals surface area contributed by atoms with E-state index in [1.807, 2.05) is 31.2 Å². The molecule has 2 rings (SSSR count). The molecule has 0 bridgehead atoms. The highest BCUT2D eigenvalue weighted by molar-refractivity contribution is 6.35. The smallest absolute Gasteiger partial charge is 0.0623 e. The van der Waals surface area contributed by atoms with Gasteiger partial charge < -0.3 is 5.32 Å². The van der Waals surface area contributed by atoms with E-state index in [1.54, 1.807) is 12.3 Å². The molecule has 0 saturated carbocycles. The molecular formula is C13H12Cl2N2. The zero-order chi connectivity index (χ0) is 12.3. The zero-order valence-corrected chi connectivity index (χ0v) is 10.9. The van der Waals surface area contributed by atoms with Crippen LogP contribution in [0, 0.1) is 6.92 Å². The van der Waals surface area contributed by atoms with Crippen molar-refractivity contribution in [2.45, 2.75) is 13.5 Å². The normalized spacial score (nSPS) is 10.3. The van der Waals surface area contributed by atoms with Crippen molar-refractivity contribution in [2.24, 2.45) is 0 Å². The number of halogens is 2. The highest BCUT2D eigenvalue weighted by Crippen LogP contribution is 2.22. The third kappa shape index (κ3) is 3.35. The minimum Gasteiger partial charge on any atom is -0.379 e. The first-order valence-electron chi connectivity index (χ1n) is 5.25. The summed E-state index contributed by atoms with van der Waals surface area (Å²) in [5.41, 5.74) is 3.07. The Morgan fingerprint density at radius 2 is 1.88 bits per heavy atom. The number of nitrogens with zero attached hydrogens (tertiary/aromatic N) is 1. The Labute approximate surface area is 111 Å². The first kappa shape index (κ1) is 12.2. The second-order valence-electron chi connectivity index (χ2n) is 3.78. The van der Waals surface area contributed by atoms with Crippen molar-refractivity contribution in [1.82, 2.24) is 4.98 Å². The van der Waals surface area contributed by atoms with Crippen LogP contribution >= 0.6 is 23.2 Å². The first-order valence-corrected chi connectivity index (χ1v) is 6.01. The largest absolute Gasteiger partial charge is 0.379 e. The molecule has 88 valence electrons. The molecule has 4 heteroatoms. The minimum atomic E-state index is 0.623. The molecule has 0 atom stereocenters. The predicted octanol–water partition coefficient (Wildman–Crippen LogP) is 4.31. The number of rotatable bonds is 3. The van der Waals surface area contributed by atoms with E-state index in [-0.39, 0.29) is 0 Å². The van der Waals surface area contributed by atoms with Gasteiger partial charge in [0, 0.05) is 21.9 Å². The lowest BCUT2D eigenvalue weighted by Crippen LogP contribution is -2.03. The Balaban J connectivity index is 2.10. The fourth-order valence-corrected chi connectivity index (χ4v) is 2.07. The van der Waals surface area contributed by atoms with Crippen molar-refractivity contribution in [3.05, 3.63) is 57.8 Å². The van der Waals surface area contributed by atoms with Crippen molar-refractivity contribution in [2.75, 3.05) is 5.32 Å². The van der Waals surface area contributed by atoms with E-state index in [0.717, 1.165) is 16.9 Å². The fraction of sp³-hybridized carbons (Fsp3) is 0.154. The van der Waals surface area contributed by atoms with E-state index in [2.05, 4.69) is 10.3 Å². The van der Waals surface area contributed by atoms with Gasteiger partial charge in [-0.15, -0.1) is 0 Å². The average molecular weight is 267 g/mol. The first-order chi connectivity index (χ1) is 8.15. The molecule has 1 aromatic carbocycles. The Hall–Kier alpha value is -1.25. The third-order valence-electron chi connectivity index (χ3n) is 2.44. The van der Waals surface area contributed by atoms with Gasteiger partial charge in [0.2, 0.25) is 0 Å². The summed E-state index contributed by atoms with van der Waals surface area (Å²) in [6.45, 7) is 2.69. The van der Waals surface area contributed by atoms with Gasteiger partial charge in [0.1, 0.15) is 0 Å². The average Bonchev–Trinajstić information content (AvgIpc) is 2.27. The fourth-order valence-electron chi connectivity index (χ4n) is 1.55. The van der Waals surface area contributed by atoms with Gasteiger partial charge in [-0.2, -0.15) is 0 Å². The number of pyridine rings is 1. The van der Waals surface area contributed by atoms with E-state index in [0.29, 0.717) is 16.6 Å². The molecule has 0 amide bonds. The molecule has 17 heavy (non-hydrogen) atoms. The molecular weight excluding hydrogens is 255 g/mol. The van der Waals surface area contributed by atoms with Gasteiger partial charge in [-0.05, 0) is 36.8 Å². The van der Waals surface area contributed by atoms with E-state index in [4.69, 9.17) is 23.2 Å². The molecule has 0 unspecified atom stereocenters. The second kappa shape index (κ2) is 5.39. The number of nitrogens with one attached hydrogen (secondary N) is 1. The zero-order valence-electron chi connectivity index (χ0n) is 9.37. The maximum atomic E-state index is 5.92. The molecule has 0 fully saturated rings. The molecule has 1 heterocycles. The minimum absolute atomic E-state index is 0.623. The van der Waals surface area contributed by atoms with Gasteiger partial charge in [0.15, 0.2) is 0 Å². The summed E-state index contributed by atoms with van der Waals surface area (Å²) < 4.78 is 0. The molecule has 0 aliphatic rings. The quantitative estimate of drug-likeness (QED) is 0.896. The van der Waals surface area contributed by atoms with Gasteiger partial charge in [0.25, 0.3) is 0 Å². The molecule has 1 aromatic heterocycles. The number of aromatic nitrogens is 1. The summed E-state index contributed by atoms with van der Waals surface area (Å²) in [5.74, 6) is 0. The number of hydrogen-bond donors (Lipinski definition) is 1. The molecule has 0 radical (unpaired) electrons. The standard InChI is InChI=1S/C13H12Cl2N2/c1-9-3-2-4-16-13(9)8-17-12-6-10(14)5-11(15)7-12/h2-7,17H,8H2,1H3. The van der Waals surface area contributed by atoms with Crippen molar-refractivity contribution in [3.8, 4) is 0 Å². The van der Waals surface area contributed by atoms with Crippen LogP contribution in [-0.4, -0.2) is 4.98 Å². The molecule has 0 saturated heterocycles. The number of anilines is 1. The number of hydrogen-bond acceptors (Lipinski definition) is 2. The molecule has 0 aliphatic carbocycles. The van der Waals surface area contributed by atoms with Crippen LogP contribution in [-0.2, 0) is 6.54 Å². The SMILES string of the molecule is Cc1cccnc1CNc1cc(Cl)cc(Cl)c1. The molecule has 2 aromatic rings. The van der Waals surface area contributed by atoms with Crippen LogP contribution in [0.3, 0.4) is 0 Å². The van der Waals surface area contributed by atoms with Gasteiger partial charge >= 0.3 is 0 Å².